The maximum atomic E-state index is 13.6. The molecule has 3 rings (SSSR count). The SMILES string of the molecule is NC(=NN=Cc1ccc(F)cc1OCc1ccc(Cl)cc1)SCc1ccccc1. The van der Waals surface area contributed by atoms with Crippen LogP contribution in [0.25, 0.3) is 0 Å². The highest BCUT2D eigenvalue weighted by molar-refractivity contribution is 8.13. The molecule has 0 aliphatic rings. The van der Waals surface area contributed by atoms with E-state index in [4.69, 9.17) is 22.1 Å². The van der Waals surface area contributed by atoms with Crippen LogP contribution in [0.4, 0.5) is 4.39 Å². The molecule has 2 N–H and O–H groups in total. The van der Waals surface area contributed by atoms with Crippen molar-refractivity contribution >= 4 is 34.7 Å². The van der Waals surface area contributed by atoms with Gasteiger partial charge in [0, 0.05) is 22.4 Å². The predicted octanol–water partition coefficient (Wildman–Crippen LogP) is 5.64. The Morgan fingerprint density at radius 2 is 1.79 bits per heavy atom. The smallest absolute Gasteiger partial charge is 0.180 e. The Hall–Kier alpha value is -2.83. The summed E-state index contributed by atoms with van der Waals surface area (Å²) in [6.45, 7) is 0.278. The quantitative estimate of drug-likeness (QED) is 0.301. The molecule has 3 aromatic carbocycles. The predicted molar refractivity (Wildman–Crippen MR) is 119 cm³/mol. The van der Waals surface area contributed by atoms with Gasteiger partial charge in [0.25, 0.3) is 0 Å². The molecular formula is C22H19ClFN3OS. The zero-order valence-corrected chi connectivity index (χ0v) is 17.0. The number of nitrogens with zero attached hydrogens (tertiary/aromatic N) is 2. The van der Waals surface area contributed by atoms with E-state index in [1.807, 2.05) is 42.5 Å². The van der Waals surface area contributed by atoms with Crippen molar-refractivity contribution in [1.29, 1.82) is 0 Å². The first kappa shape index (κ1) is 20.9. The maximum Gasteiger partial charge on any atom is 0.180 e. The monoisotopic (exact) mass is 427 g/mol. The highest BCUT2D eigenvalue weighted by Gasteiger charge is 2.05. The van der Waals surface area contributed by atoms with Gasteiger partial charge in [-0.3, -0.25) is 0 Å². The number of halogens is 2. The van der Waals surface area contributed by atoms with Crippen LogP contribution in [0.1, 0.15) is 16.7 Å². The van der Waals surface area contributed by atoms with E-state index in [2.05, 4.69) is 10.2 Å². The number of ether oxygens (including phenoxy) is 1. The van der Waals surface area contributed by atoms with Gasteiger partial charge < -0.3 is 10.5 Å². The average Bonchev–Trinajstić information content (AvgIpc) is 2.74. The lowest BCUT2D eigenvalue weighted by Gasteiger charge is -2.09. The number of thioether (sulfide) groups is 1. The average molecular weight is 428 g/mol. The molecule has 0 heterocycles. The minimum atomic E-state index is -0.394. The fraction of sp³-hybridized carbons (Fsp3) is 0.0909. The van der Waals surface area contributed by atoms with E-state index < -0.39 is 5.82 Å². The van der Waals surface area contributed by atoms with Crippen molar-refractivity contribution in [2.75, 3.05) is 0 Å². The molecule has 0 aliphatic heterocycles. The summed E-state index contributed by atoms with van der Waals surface area (Å²) in [6, 6.07) is 21.4. The van der Waals surface area contributed by atoms with Gasteiger partial charge in [0.1, 0.15) is 18.2 Å². The molecule has 0 saturated heterocycles. The molecule has 3 aromatic rings. The third-order valence-electron chi connectivity index (χ3n) is 3.87. The van der Waals surface area contributed by atoms with Crippen molar-refractivity contribution < 1.29 is 9.13 Å². The highest BCUT2D eigenvalue weighted by Crippen LogP contribution is 2.20. The van der Waals surface area contributed by atoms with Gasteiger partial charge in [-0.25, -0.2) is 4.39 Å². The van der Waals surface area contributed by atoms with Crippen molar-refractivity contribution in [2.45, 2.75) is 12.4 Å². The van der Waals surface area contributed by atoms with E-state index >= 15 is 0 Å². The van der Waals surface area contributed by atoms with Gasteiger partial charge in [0.2, 0.25) is 0 Å². The molecule has 0 atom stereocenters. The summed E-state index contributed by atoms with van der Waals surface area (Å²) in [5.41, 5.74) is 8.56. The summed E-state index contributed by atoms with van der Waals surface area (Å²) in [5, 5.41) is 8.99. The first-order chi connectivity index (χ1) is 14.1. The lowest BCUT2D eigenvalue weighted by atomic mass is 10.2. The number of benzene rings is 3. The van der Waals surface area contributed by atoms with Crippen molar-refractivity contribution in [2.24, 2.45) is 15.9 Å². The summed E-state index contributed by atoms with van der Waals surface area (Å²) in [6.07, 6.45) is 1.49. The topological polar surface area (TPSA) is 60.0 Å². The minimum Gasteiger partial charge on any atom is -0.488 e. The third kappa shape index (κ3) is 6.93. The van der Waals surface area contributed by atoms with E-state index in [1.165, 1.54) is 30.1 Å². The molecule has 0 radical (unpaired) electrons. The van der Waals surface area contributed by atoms with Gasteiger partial charge in [0.05, 0.1) is 6.21 Å². The highest BCUT2D eigenvalue weighted by atomic mass is 35.5. The lowest BCUT2D eigenvalue weighted by Crippen LogP contribution is -2.06. The zero-order valence-electron chi connectivity index (χ0n) is 15.5. The van der Waals surface area contributed by atoms with E-state index in [-0.39, 0.29) is 6.61 Å². The molecule has 148 valence electrons. The molecule has 0 bridgehead atoms. The molecule has 0 amide bonds. The molecule has 0 aromatic heterocycles. The molecule has 0 spiro atoms. The Kier molecular flexibility index (Phi) is 7.67. The summed E-state index contributed by atoms with van der Waals surface area (Å²) >= 11 is 7.27. The Bertz CT molecular complexity index is 995. The van der Waals surface area contributed by atoms with Gasteiger partial charge in [-0.2, -0.15) is 5.10 Å². The number of amidine groups is 1. The van der Waals surface area contributed by atoms with Gasteiger partial charge in [0.15, 0.2) is 5.17 Å². The lowest BCUT2D eigenvalue weighted by molar-refractivity contribution is 0.304. The van der Waals surface area contributed by atoms with Crippen LogP contribution in [-0.2, 0) is 12.4 Å². The number of hydrogen-bond donors (Lipinski definition) is 1. The van der Waals surface area contributed by atoms with Gasteiger partial charge in [-0.05, 0) is 35.4 Å². The second kappa shape index (κ2) is 10.6. The molecule has 0 aliphatic carbocycles. The van der Waals surface area contributed by atoms with Crippen molar-refractivity contribution in [3.63, 3.8) is 0 Å². The van der Waals surface area contributed by atoms with Crippen LogP contribution in [0.5, 0.6) is 5.75 Å². The Labute approximate surface area is 178 Å². The first-order valence-electron chi connectivity index (χ1n) is 8.80. The van der Waals surface area contributed by atoms with E-state index in [0.29, 0.717) is 27.3 Å². The van der Waals surface area contributed by atoms with Crippen molar-refractivity contribution in [1.82, 2.24) is 0 Å². The number of nitrogens with two attached hydrogens (primary N) is 1. The zero-order chi connectivity index (χ0) is 20.5. The Balaban J connectivity index is 1.62. The normalized spacial score (nSPS) is 11.7. The Morgan fingerprint density at radius 3 is 2.55 bits per heavy atom. The van der Waals surface area contributed by atoms with E-state index in [0.717, 1.165) is 11.1 Å². The first-order valence-corrected chi connectivity index (χ1v) is 10.2. The largest absolute Gasteiger partial charge is 0.488 e. The molecule has 7 heteroatoms. The van der Waals surface area contributed by atoms with Crippen LogP contribution in [0.2, 0.25) is 5.02 Å². The third-order valence-corrected chi connectivity index (χ3v) is 4.97. The summed E-state index contributed by atoms with van der Waals surface area (Å²) in [5.74, 6) is 0.682. The Morgan fingerprint density at radius 1 is 1.03 bits per heavy atom. The summed E-state index contributed by atoms with van der Waals surface area (Å²) in [7, 11) is 0. The maximum absolute atomic E-state index is 13.6. The fourth-order valence-corrected chi connectivity index (χ4v) is 3.13. The minimum absolute atomic E-state index is 0.278. The molecular weight excluding hydrogens is 409 g/mol. The second-order valence-electron chi connectivity index (χ2n) is 6.05. The van der Waals surface area contributed by atoms with Crippen molar-refractivity contribution in [3.8, 4) is 5.75 Å². The van der Waals surface area contributed by atoms with Crippen LogP contribution in [0, 0.1) is 5.82 Å². The van der Waals surface area contributed by atoms with Gasteiger partial charge in [-0.15, -0.1) is 5.10 Å². The second-order valence-corrected chi connectivity index (χ2v) is 7.49. The molecule has 0 saturated carbocycles. The number of hydrogen-bond acceptors (Lipinski definition) is 4. The molecule has 4 nitrogen and oxygen atoms in total. The molecule has 0 unspecified atom stereocenters. The van der Waals surface area contributed by atoms with Crippen LogP contribution in [0.15, 0.2) is 83.0 Å². The fourth-order valence-electron chi connectivity index (χ4n) is 2.39. The van der Waals surface area contributed by atoms with Gasteiger partial charge in [-0.1, -0.05) is 65.8 Å². The van der Waals surface area contributed by atoms with Gasteiger partial charge >= 0.3 is 0 Å². The van der Waals surface area contributed by atoms with Crippen LogP contribution in [-0.4, -0.2) is 11.4 Å². The number of rotatable bonds is 7. The standard InChI is InChI=1S/C22H19ClFN3OS/c23-19-9-6-16(7-10-19)14-28-21-12-20(24)11-8-18(21)13-26-27-22(25)29-15-17-4-2-1-3-5-17/h1-13H,14-15H2,(H2,25,27). The molecule has 0 fully saturated rings. The van der Waals surface area contributed by atoms with E-state index in [1.54, 1.807) is 18.2 Å². The van der Waals surface area contributed by atoms with E-state index in [9.17, 15) is 4.39 Å². The summed E-state index contributed by atoms with van der Waals surface area (Å²) < 4.78 is 19.4. The summed E-state index contributed by atoms with van der Waals surface area (Å²) in [4.78, 5) is 0. The van der Waals surface area contributed by atoms with Crippen LogP contribution in [0.3, 0.4) is 0 Å². The van der Waals surface area contributed by atoms with Crippen LogP contribution < -0.4 is 10.5 Å². The van der Waals surface area contributed by atoms with Crippen LogP contribution >= 0.6 is 23.4 Å². The molecule has 29 heavy (non-hydrogen) atoms. The van der Waals surface area contributed by atoms with Crippen molar-refractivity contribution in [3.05, 3.63) is 100 Å².